The van der Waals surface area contributed by atoms with E-state index in [1.54, 1.807) is 16.6 Å². The number of aromatic nitrogens is 4. The first-order valence-electron chi connectivity index (χ1n) is 8.18. The van der Waals surface area contributed by atoms with Gasteiger partial charge in [-0.15, -0.1) is 0 Å². The summed E-state index contributed by atoms with van der Waals surface area (Å²) >= 11 is 0. The van der Waals surface area contributed by atoms with Crippen molar-refractivity contribution < 1.29 is 13.2 Å². The van der Waals surface area contributed by atoms with Crippen LogP contribution < -0.4 is 5.32 Å². The van der Waals surface area contributed by atoms with Crippen LogP contribution in [-0.2, 0) is 21.2 Å². The van der Waals surface area contributed by atoms with Gasteiger partial charge in [-0.25, -0.2) is 22.2 Å². The van der Waals surface area contributed by atoms with Gasteiger partial charge < -0.3 is 5.32 Å². The topological polar surface area (TPSA) is 110 Å². The summed E-state index contributed by atoms with van der Waals surface area (Å²) in [5.41, 5.74) is 2.81. The molecule has 142 valence electrons. The third kappa shape index (κ3) is 3.67. The molecular formula is C17H20N6O3S. The summed E-state index contributed by atoms with van der Waals surface area (Å²) in [5, 5.41) is 6.88. The van der Waals surface area contributed by atoms with E-state index in [-0.39, 0.29) is 17.2 Å². The van der Waals surface area contributed by atoms with Gasteiger partial charge in [0.2, 0.25) is 15.9 Å². The molecule has 0 bridgehead atoms. The maximum Gasteiger partial charge on any atom is 0.252 e. The number of carbonyl (C=O) groups excluding carboxylic acids is 1. The molecule has 0 saturated heterocycles. The van der Waals surface area contributed by atoms with Gasteiger partial charge in [-0.05, 0) is 38.1 Å². The standard InChI is InChI=1S/C17H20N6O3S/c1-11-15(12(2)23-17(20-11)18-10-19-23)9-16(24)21-13-5-7-14(8-6-13)27(25,26)22(3)4/h5-8,10H,9H2,1-4H3,(H,21,24). The number of rotatable bonds is 5. The Balaban J connectivity index is 1.77. The monoisotopic (exact) mass is 388 g/mol. The fraction of sp³-hybridized carbons (Fsp3) is 0.294. The lowest BCUT2D eigenvalue weighted by atomic mass is 10.1. The summed E-state index contributed by atoms with van der Waals surface area (Å²) in [6, 6.07) is 6.05. The van der Waals surface area contributed by atoms with Crippen LogP contribution >= 0.6 is 0 Å². The van der Waals surface area contributed by atoms with E-state index in [2.05, 4.69) is 20.4 Å². The molecule has 0 atom stereocenters. The minimum atomic E-state index is -3.50. The first kappa shape index (κ1) is 18.9. The Kier molecular flexibility index (Phi) is 4.94. The van der Waals surface area contributed by atoms with Crippen LogP contribution in [0.1, 0.15) is 17.0 Å². The summed E-state index contributed by atoms with van der Waals surface area (Å²) in [4.78, 5) is 21.0. The normalized spacial score (nSPS) is 11.9. The molecule has 1 N–H and O–H groups in total. The van der Waals surface area contributed by atoms with Crippen molar-refractivity contribution in [2.45, 2.75) is 25.2 Å². The second-order valence-corrected chi connectivity index (χ2v) is 8.42. The largest absolute Gasteiger partial charge is 0.326 e. The lowest BCUT2D eigenvalue weighted by Gasteiger charge is -2.13. The summed E-state index contributed by atoms with van der Waals surface area (Å²) in [7, 11) is -0.565. The fourth-order valence-electron chi connectivity index (χ4n) is 2.70. The highest BCUT2D eigenvalue weighted by molar-refractivity contribution is 7.89. The van der Waals surface area contributed by atoms with Crippen LogP contribution in [0.15, 0.2) is 35.5 Å². The van der Waals surface area contributed by atoms with Crippen LogP contribution in [0.4, 0.5) is 5.69 Å². The van der Waals surface area contributed by atoms with E-state index in [1.165, 1.54) is 32.6 Å². The van der Waals surface area contributed by atoms with E-state index in [1.807, 2.05) is 13.8 Å². The summed E-state index contributed by atoms with van der Waals surface area (Å²) < 4.78 is 26.9. The molecule has 0 aliphatic carbocycles. The van der Waals surface area contributed by atoms with Crippen molar-refractivity contribution in [3.8, 4) is 0 Å². The smallest absolute Gasteiger partial charge is 0.252 e. The summed E-state index contributed by atoms with van der Waals surface area (Å²) in [6.07, 6.45) is 1.54. The lowest BCUT2D eigenvalue weighted by Crippen LogP contribution is -2.22. The molecule has 0 saturated carbocycles. The van der Waals surface area contributed by atoms with Gasteiger partial charge in [0.1, 0.15) is 6.33 Å². The zero-order valence-electron chi connectivity index (χ0n) is 15.5. The minimum absolute atomic E-state index is 0.123. The Morgan fingerprint density at radius 2 is 1.85 bits per heavy atom. The van der Waals surface area contributed by atoms with Crippen LogP contribution in [0.2, 0.25) is 0 Å². The van der Waals surface area contributed by atoms with Crippen molar-refractivity contribution in [2.24, 2.45) is 0 Å². The molecule has 0 aliphatic heterocycles. The van der Waals surface area contributed by atoms with Crippen molar-refractivity contribution in [1.82, 2.24) is 23.9 Å². The molecule has 2 aromatic heterocycles. The van der Waals surface area contributed by atoms with Gasteiger partial charge in [0.05, 0.1) is 11.3 Å². The van der Waals surface area contributed by atoms with Gasteiger partial charge in [-0.1, -0.05) is 0 Å². The molecule has 0 aliphatic rings. The van der Waals surface area contributed by atoms with Gasteiger partial charge in [0.15, 0.2) is 0 Å². The van der Waals surface area contributed by atoms with Crippen LogP contribution in [0.3, 0.4) is 0 Å². The average molecular weight is 388 g/mol. The van der Waals surface area contributed by atoms with Crippen molar-refractivity contribution >= 4 is 27.4 Å². The van der Waals surface area contributed by atoms with Crippen LogP contribution in [0.25, 0.3) is 5.78 Å². The molecule has 2 heterocycles. The van der Waals surface area contributed by atoms with Crippen LogP contribution in [0, 0.1) is 13.8 Å². The van der Waals surface area contributed by atoms with Crippen molar-refractivity contribution in [3.05, 3.63) is 47.5 Å². The molecule has 0 fully saturated rings. The Bertz CT molecular complexity index is 1100. The number of anilines is 1. The number of sulfonamides is 1. The number of fused-ring (bicyclic) bond motifs is 1. The van der Waals surface area contributed by atoms with E-state index in [4.69, 9.17) is 0 Å². The molecule has 0 unspecified atom stereocenters. The van der Waals surface area contributed by atoms with E-state index in [0.717, 1.165) is 21.3 Å². The second-order valence-electron chi connectivity index (χ2n) is 6.27. The highest BCUT2D eigenvalue weighted by Crippen LogP contribution is 2.18. The fourth-order valence-corrected chi connectivity index (χ4v) is 3.60. The highest BCUT2D eigenvalue weighted by atomic mass is 32.2. The van der Waals surface area contributed by atoms with Gasteiger partial charge in [0.25, 0.3) is 5.78 Å². The number of hydrogen-bond donors (Lipinski definition) is 1. The number of nitrogens with zero attached hydrogens (tertiary/aromatic N) is 5. The number of amides is 1. The number of carbonyl (C=O) groups is 1. The van der Waals surface area contributed by atoms with Crippen molar-refractivity contribution in [2.75, 3.05) is 19.4 Å². The first-order chi connectivity index (χ1) is 12.7. The summed E-state index contributed by atoms with van der Waals surface area (Å²) in [5.74, 6) is 0.262. The number of aryl methyl sites for hydroxylation is 2. The summed E-state index contributed by atoms with van der Waals surface area (Å²) in [6.45, 7) is 3.69. The third-order valence-corrected chi connectivity index (χ3v) is 6.07. The number of nitrogens with one attached hydrogen (secondary N) is 1. The molecule has 10 heteroatoms. The van der Waals surface area contributed by atoms with Gasteiger partial charge in [0, 0.05) is 36.7 Å². The molecule has 27 heavy (non-hydrogen) atoms. The number of benzene rings is 1. The Labute approximate surface area is 157 Å². The van der Waals surface area contributed by atoms with Crippen molar-refractivity contribution in [1.29, 1.82) is 0 Å². The Hall–Kier alpha value is -2.85. The quantitative estimate of drug-likeness (QED) is 0.703. The average Bonchev–Trinajstić information content (AvgIpc) is 3.07. The minimum Gasteiger partial charge on any atom is -0.326 e. The molecule has 1 amide bonds. The maximum absolute atomic E-state index is 12.4. The van der Waals surface area contributed by atoms with E-state index in [9.17, 15) is 13.2 Å². The molecule has 0 radical (unpaired) electrons. The second kappa shape index (κ2) is 7.05. The van der Waals surface area contributed by atoms with Gasteiger partial charge in [-0.2, -0.15) is 10.1 Å². The SMILES string of the molecule is Cc1nc2ncnn2c(C)c1CC(=O)Nc1ccc(S(=O)(=O)N(C)C)cc1. The van der Waals surface area contributed by atoms with Crippen molar-refractivity contribution in [3.63, 3.8) is 0 Å². The molecular weight excluding hydrogens is 368 g/mol. The molecule has 0 spiro atoms. The zero-order valence-corrected chi connectivity index (χ0v) is 16.3. The molecule has 9 nitrogen and oxygen atoms in total. The predicted molar refractivity (Wildman–Crippen MR) is 99.9 cm³/mol. The maximum atomic E-state index is 12.4. The lowest BCUT2D eigenvalue weighted by molar-refractivity contribution is -0.115. The molecule has 1 aromatic carbocycles. The highest BCUT2D eigenvalue weighted by Gasteiger charge is 2.17. The van der Waals surface area contributed by atoms with E-state index < -0.39 is 10.0 Å². The zero-order chi connectivity index (χ0) is 19.8. The van der Waals surface area contributed by atoms with Crippen LogP contribution in [-0.4, -0.2) is 52.3 Å². The molecule has 3 aromatic rings. The van der Waals surface area contributed by atoms with E-state index >= 15 is 0 Å². The van der Waals surface area contributed by atoms with Gasteiger partial charge in [-0.3, -0.25) is 4.79 Å². The van der Waals surface area contributed by atoms with E-state index in [0.29, 0.717) is 11.5 Å². The van der Waals surface area contributed by atoms with Crippen LogP contribution in [0.5, 0.6) is 0 Å². The first-order valence-corrected chi connectivity index (χ1v) is 9.62. The Morgan fingerprint density at radius 3 is 2.48 bits per heavy atom. The van der Waals surface area contributed by atoms with Gasteiger partial charge >= 0.3 is 0 Å². The number of hydrogen-bond acceptors (Lipinski definition) is 6. The predicted octanol–water partition coefficient (Wildman–Crippen LogP) is 1.17. The third-order valence-electron chi connectivity index (χ3n) is 4.24. The molecule has 3 rings (SSSR count). The Morgan fingerprint density at radius 1 is 1.19 bits per heavy atom.